The summed E-state index contributed by atoms with van der Waals surface area (Å²) >= 11 is 0. The van der Waals surface area contributed by atoms with Crippen molar-refractivity contribution >= 4 is 0 Å². The van der Waals surface area contributed by atoms with Crippen LogP contribution in [-0.2, 0) is 12.0 Å². The molecule has 4 rings (SSSR count). The Bertz CT molecular complexity index is 909. The van der Waals surface area contributed by atoms with E-state index in [1.54, 1.807) is 0 Å². The molecule has 0 amide bonds. The van der Waals surface area contributed by atoms with Gasteiger partial charge in [0, 0.05) is 23.6 Å². The van der Waals surface area contributed by atoms with Gasteiger partial charge in [-0.05, 0) is 43.2 Å². The van der Waals surface area contributed by atoms with Gasteiger partial charge >= 0.3 is 0 Å². The second-order valence-corrected chi connectivity index (χ2v) is 7.84. The standard InChI is InChI=1S/C19H22F2N2O/c1-5-22-16-15(12-8-9-19(16,4)18(12,2)3)17(24)23(22)14-7-6-11(20)10-13(14)21/h6-7,10,12H,5,8-9H2,1-4H3/t12-,19+/m0/s1. The van der Waals surface area contributed by atoms with Gasteiger partial charge < -0.3 is 0 Å². The van der Waals surface area contributed by atoms with Crippen molar-refractivity contribution in [3.63, 3.8) is 0 Å². The minimum atomic E-state index is -0.709. The monoisotopic (exact) mass is 332 g/mol. The maximum atomic E-state index is 14.3. The van der Waals surface area contributed by atoms with E-state index in [0.717, 1.165) is 30.2 Å². The van der Waals surface area contributed by atoms with E-state index < -0.39 is 11.6 Å². The molecule has 1 saturated carbocycles. The second kappa shape index (κ2) is 4.58. The molecule has 2 aromatic rings. The van der Waals surface area contributed by atoms with Crippen molar-refractivity contribution in [2.45, 2.75) is 58.4 Å². The quantitative estimate of drug-likeness (QED) is 0.813. The van der Waals surface area contributed by atoms with E-state index in [4.69, 9.17) is 0 Å². The van der Waals surface area contributed by atoms with E-state index >= 15 is 0 Å². The molecule has 2 atom stereocenters. The Hall–Kier alpha value is -1.91. The minimum absolute atomic E-state index is 0.0220. The van der Waals surface area contributed by atoms with Gasteiger partial charge in [-0.15, -0.1) is 0 Å². The molecule has 1 aromatic heterocycles. The summed E-state index contributed by atoms with van der Waals surface area (Å²) in [6, 6.07) is 3.38. The van der Waals surface area contributed by atoms with Crippen molar-refractivity contribution in [1.29, 1.82) is 0 Å². The molecule has 3 nitrogen and oxygen atoms in total. The van der Waals surface area contributed by atoms with Gasteiger partial charge in [0.2, 0.25) is 0 Å². The number of hydrogen-bond donors (Lipinski definition) is 0. The first-order chi connectivity index (χ1) is 11.2. The fraction of sp³-hybridized carbons (Fsp3) is 0.526. The van der Waals surface area contributed by atoms with E-state index in [9.17, 15) is 13.6 Å². The smallest absolute Gasteiger partial charge is 0.275 e. The molecular formula is C19H22F2N2O. The van der Waals surface area contributed by atoms with Crippen LogP contribution in [0.5, 0.6) is 0 Å². The molecule has 0 aliphatic heterocycles. The van der Waals surface area contributed by atoms with Gasteiger partial charge in [-0.1, -0.05) is 20.8 Å². The predicted octanol–water partition coefficient (Wildman–Crippen LogP) is 4.11. The molecule has 2 bridgehead atoms. The molecule has 1 aromatic carbocycles. The average Bonchev–Trinajstić information content (AvgIpc) is 2.99. The lowest BCUT2D eigenvalue weighted by molar-refractivity contribution is 0.215. The highest BCUT2D eigenvalue weighted by atomic mass is 19.1. The summed E-state index contributed by atoms with van der Waals surface area (Å²) in [6.07, 6.45) is 2.03. The summed E-state index contributed by atoms with van der Waals surface area (Å²) in [4.78, 5) is 13.2. The SMILES string of the molecule is CCn1c2c(c(=O)n1-c1ccc(F)cc1F)[C@@H]1CC[C@@]2(C)C1(C)C. The van der Waals surface area contributed by atoms with Crippen LogP contribution < -0.4 is 5.56 Å². The number of rotatable bonds is 2. The lowest BCUT2D eigenvalue weighted by Crippen LogP contribution is -2.36. The Labute approximate surface area is 139 Å². The fourth-order valence-corrected chi connectivity index (χ4v) is 5.08. The largest absolute Gasteiger partial charge is 0.281 e. The topological polar surface area (TPSA) is 26.9 Å². The zero-order valence-corrected chi connectivity index (χ0v) is 14.5. The fourth-order valence-electron chi connectivity index (χ4n) is 5.08. The van der Waals surface area contributed by atoms with Gasteiger partial charge in [-0.2, -0.15) is 0 Å². The molecule has 0 saturated heterocycles. The molecule has 2 aliphatic rings. The number of aromatic nitrogens is 2. The maximum absolute atomic E-state index is 14.3. The lowest BCUT2D eigenvalue weighted by Gasteiger charge is -2.36. The second-order valence-electron chi connectivity index (χ2n) is 7.84. The van der Waals surface area contributed by atoms with Crippen molar-refractivity contribution < 1.29 is 8.78 Å². The minimum Gasteiger partial charge on any atom is -0.281 e. The summed E-state index contributed by atoms with van der Waals surface area (Å²) in [7, 11) is 0. The van der Waals surface area contributed by atoms with Gasteiger partial charge in [-0.3, -0.25) is 9.48 Å². The van der Waals surface area contributed by atoms with E-state index in [0.29, 0.717) is 6.54 Å². The first kappa shape index (κ1) is 15.6. The third-order valence-corrected chi connectivity index (χ3v) is 6.71. The highest BCUT2D eigenvalue weighted by Gasteiger charge is 2.62. The van der Waals surface area contributed by atoms with Crippen molar-refractivity contribution in [1.82, 2.24) is 9.36 Å². The summed E-state index contributed by atoms with van der Waals surface area (Å²) in [5.41, 5.74) is 1.77. The summed E-state index contributed by atoms with van der Waals surface area (Å²) in [5, 5.41) is 0. The Morgan fingerprint density at radius 1 is 1.25 bits per heavy atom. The average molecular weight is 332 g/mol. The lowest BCUT2D eigenvalue weighted by atomic mass is 9.70. The Morgan fingerprint density at radius 2 is 1.96 bits per heavy atom. The summed E-state index contributed by atoms with van der Waals surface area (Å²) in [5.74, 6) is -1.15. The van der Waals surface area contributed by atoms with Crippen LogP contribution in [0.1, 0.15) is 57.7 Å². The van der Waals surface area contributed by atoms with Crippen LogP contribution >= 0.6 is 0 Å². The molecular weight excluding hydrogens is 310 g/mol. The molecule has 128 valence electrons. The van der Waals surface area contributed by atoms with Gasteiger partial charge in [-0.25, -0.2) is 13.5 Å². The Balaban J connectivity index is 2.05. The van der Waals surface area contributed by atoms with Crippen molar-refractivity contribution in [3.05, 3.63) is 51.4 Å². The molecule has 5 heteroatoms. The molecule has 2 aliphatic carbocycles. The molecule has 0 unspecified atom stereocenters. The van der Waals surface area contributed by atoms with Crippen LogP contribution in [0.4, 0.5) is 8.78 Å². The van der Waals surface area contributed by atoms with Crippen LogP contribution in [0.15, 0.2) is 23.0 Å². The first-order valence-corrected chi connectivity index (χ1v) is 8.55. The predicted molar refractivity (Wildman–Crippen MR) is 88.7 cm³/mol. The molecule has 0 radical (unpaired) electrons. The Morgan fingerprint density at radius 3 is 2.58 bits per heavy atom. The van der Waals surface area contributed by atoms with Crippen LogP contribution in [0.2, 0.25) is 0 Å². The van der Waals surface area contributed by atoms with E-state index in [1.807, 2.05) is 11.6 Å². The summed E-state index contributed by atoms with van der Waals surface area (Å²) in [6.45, 7) is 9.20. The molecule has 0 spiro atoms. The van der Waals surface area contributed by atoms with Crippen molar-refractivity contribution in [2.75, 3.05) is 0 Å². The highest BCUT2D eigenvalue weighted by Crippen LogP contribution is 2.67. The maximum Gasteiger partial charge on any atom is 0.275 e. The zero-order valence-electron chi connectivity index (χ0n) is 14.5. The van der Waals surface area contributed by atoms with E-state index in [2.05, 4.69) is 20.8 Å². The number of hydrogen-bond acceptors (Lipinski definition) is 1. The third kappa shape index (κ3) is 1.58. The molecule has 24 heavy (non-hydrogen) atoms. The van der Waals surface area contributed by atoms with E-state index in [1.165, 1.54) is 16.8 Å². The van der Waals surface area contributed by atoms with Gasteiger partial charge in [0.25, 0.3) is 5.56 Å². The van der Waals surface area contributed by atoms with Crippen molar-refractivity contribution in [2.24, 2.45) is 5.41 Å². The summed E-state index contributed by atoms with van der Waals surface area (Å²) < 4.78 is 30.9. The third-order valence-electron chi connectivity index (χ3n) is 6.71. The van der Waals surface area contributed by atoms with Gasteiger partial charge in [0.15, 0.2) is 5.82 Å². The molecule has 1 heterocycles. The van der Waals surface area contributed by atoms with Gasteiger partial charge in [0.1, 0.15) is 11.5 Å². The number of fused-ring (bicyclic) bond motifs is 5. The number of halogens is 2. The highest BCUT2D eigenvalue weighted by molar-refractivity contribution is 5.47. The molecule has 0 N–H and O–H groups in total. The zero-order chi connectivity index (χ0) is 17.4. The normalized spacial score (nSPS) is 26.8. The van der Waals surface area contributed by atoms with Crippen LogP contribution in [0, 0.1) is 17.0 Å². The Kier molecular flexibility index (Phi) is 2.98. The molecule has 1 fully saturated rings. The van der Waals surface area contributed by atoms with Crippen LogP contribution in [-0.4, -0.2) is 9.36 Å². The van der Waals surface area contributed by atoms with Crippen LogP contribution in [0.3, 0.4) is 0 Å². The van der Waals surface area contributed by atoms with Crippen molar-refractivity contribution in [3.8, 4) is 5.69 Å². The van der Waals surface area contributed by atoms with E-state index in [-0.39, 0.29) is 28.0 Å². The van der Waals surface area contributed by atoms with Gasteiger partial charge in [0.05, 0.1) is 5.69 Å². The first-order valence-electron chi connectivity index (χ1n) is 8.55. The van der Waals surface area contributed by atoms with Crippen LogP contribution in [0.25, 0.3) is 5.69 Å². The number of nitrogens with zero attached hydrogens (tertiary/aromatic N) is 2. The number of benzene rings is 1.